The van der Waals surface area contributed by atoms with Crippen LogP contribution in [0, 0.1) is 6.07 Å². The maximum absolute atomic E-state index is 4.49. The van der Waals surface area contributed by atoms with Gasteiger partial charge in [-0.25, -0.2) is 11.3 Å². The van der Waals surface area contributed by atoms with Crippen LogP contribution in [0.2, 0.25) is 0 Å². The van der Waals surface area contributed by atoms with Gasteiger partial charge in [-0.1, -0.05) is 11.4 Å². The zero-order valence-electron chi connectivity index (χ0n) is 7.68. The molecule has 2 nitrogen and oxygen atoms in total. The third-order valence-corrected chi connectivity index (χ3v) is 2.73. The standard InChI is InChI=1S/C11H7N2S.Ir/c1-2-5-13-7-10(12-11(13)3-1)9-4-6-14-8-9;/h1-3,5-8H;/q-1;. The molecule has 0 unspecified atom stereocenters. The van der Waals surface area contributed by atoms with Gasteiger partial charge in [0.05, 0.1) is 0 Å². The van der Waals surface area contributed by atoms with E-state index in [9.17, 15) is 0 Å². The van der Waals surface area contributed by atoms with Crippen LogP contribution in [0.15, 0.2) is 41.4 Å². The summed E-state index contributed by atoms with van der Waals surface area (Å²) in [6.07, 6.45) is 4.02. The van der Waals surface area contributed by atoms with Crippen molar-refractivity contribution in [1.82, 2.24) is 9.38 Å². The van der Waals surface area contributed by atoms with E-state index in [0.717, 1.165) is 16.9 Å². The zero-order valence-corrected chi connectivity index (χ0v) is 10.9. The van der Waals surface area contributed by atoms with Crippen LogP contribution in [0.1, 0.15) is 0 Å². The summed E-state index contributed by atoms with van der Waals surface area (Å²) in [7, 11) is 0. The second kappa shape index (κ2) is 4.27. The molecule has 0 spiro atoms. The van der Waals surface area contributed by atoms with Crippen LogP contribution < -0.4 is 0 Å². The van der Waals surface area contributed by atoms with E-state index in [-0.39, 0.29) is 20.1 Å². The minimum atomic E-state index is 0. The molecule has 0 fully saturated rings. The molecule has 0 amide bonds. The smallest absolute Gasteiger partial charge is 0.123 e. The maximum atomic E-state index is 4.49. The second-order valence-corrected chi connectivity index (χ2v) is 3.77. The van der Waals surface area contributed by atoms with Crippen molar-refractivity contribution in [1.29, 1.82) is 0 Å². The molecule has 4 heteroatoms. The average Bonchev–Trinajstić information content (AvgIpc) is 2.86. The summed E-state index contributed by atoms with van der Waals surface area (Å²) in [5.41, 5.74) is 3.03. The number of pyridine rings is 1. The number of aromatic nitrogens is 2. The van der Waals surface area contributed by atoms with Crippen LogP contribution in [-0.2, 0) is 20.1 Å². The average molecular weight is 391 g/mol. The fraction of sp³-hybridized carbons (Fsp3) is 0. The number of hydrogen-bond donors (Lipinski definition) is 0. The Morgan fingerprint density at radius 3 is 3.00 bits per heavy atom. The van der Waals surface area contributed by atoms with Gasteiger partial charge in [0, 0.05) is 26.3 Å². The van der Waals surface area contributed by atoms with Crippen LogP contribution in [-0.4, -0.2) is 9.38 Å². The van der Waals surface area contributed by atoms with Gasteiger partial charge in [0.2, 0.25) is 0 Å². The first-order valence-corrected chi connectivity index (χ1v) is 5.26. The van der Waals surface area contributed by atoms with Gasteiger partial charge in [-0.15, -0.1) is 5.38 Å². The summed E-state index contributed by atoms with van der Waals surface area (Å²) in [4.78, 5) is 4.49. The fourth-order valence-electron chi connectivity index (χ4n) is 1.43. The van der Waals surface area contributed by atoms with Crippen molar-refractivity contribution < 1.29 is 20.1 Å². The molecule has 0 saturated carbocycles. The second-order valence-electron chi connectivity index (χ2n) is 3.02. The molecule has 1 radical (unpaired) electrons. The molecule has 77 valence electrons. The first-order chi connectivity index (χ1) is 6.93. The fourth-order valence-corrected chi connectivity index (χ4v) is 2.02. The predicted molar refractivity (Wildman–Crippen MR) is 57.3 cm³/mol. The van der Waals surface area contributed by atoms with Gasteiger partial charge in [-0.05, 0) is 24.0 Å². The van der Waals surface area contributed by atoms with Crippen molar-refractivity contribution >= 4 is 17.0 Å². The monoisotopic (exact) mass is 392 g/mol. The Balaban J connectivity index is 0.000000853. The van der Waals surface area contributed by atoms with E-state index < -0.39 is 0 Å². The predicted octanol–water partition coefficient (Wildman–Crippen LogP) is 2.86. The topological polar surface area (TPSA) is 17.3 Å². The molecule has 0 saturated heterocycles. The van der Waals surface area contributed by atoms with Gasteiger partial charge in [-0.3, -0.25) is 4.98 Å². The molecule has 0 aromatic carbocycles. The third-order valence-electron chi connectivity index (χ3n) is 2.11. The molecule has 3 aromatic heterocycles. The van der Waals surface area contributed by atoms with Crippen molar-refractivity contribution in [2.45, 2.75) is 0 Å². The Morgan fingerprint density at radius 2 is 2.27 bits per heavy atom. The maximum Gasteiger partial charge on any atom is 0.123 e. The Kier molecular flexibility index (Phi) is 3.00. The summed E-state index contributed by atoms with van der Waals surface area (Å²) in [5, 5.41) is 4.00. The van der Waals surface area contributed by atoms with E-state index in [4.69, 9.17) is 0 Å². The van der Waals surface area contributed by atoms with Crippen molar-refractivity contribution in [2.75, 3.05) is 0 Å². The normalized spacial score (nSPS) is 10.1. The van der Waals surface area contributed by atoms with E-state index in [1.165, 1.54) is 0 Å². The van der Waals surface area contributed by atoms with Crippen LogP contribution >= 0.6 is 11.3 Å². The third kappa shape index (κ3) is 1.88. The van der Waals surface area contributed by atoms with Gasteiger partial charge < -0.3 is 4.40 Å². The number of imidazole rings is 1. The minimum Gasteiger partial charge on any atom is -0.320 e. The molecular weight excluding hydrogens is 384 g/mol. The van der Waals surface area contributed by atoms with Gasteiger partial charge in [0.1, 0.15) is 5.65 Å². The van der Waals surface area contributed by atoms with Crippen molar-refractivity contribution in [3.05, 3.63) is 47.4 Å². The summed E-state index contributed by atoms with van der Waals surface area (Å²) in [6.45, 7) is 0. The largest absolute Gasteiger partial charge is 0.320 e. The van der Waals surface area contributed by atoms with Crippen molar-refractivity contribution in [3.63, 3.8) is 0 Å². The van der Waals surface area contributed by atoms with Crippen LogP contribution in [0.3, 0.4) is 0 Å². The van der Waals surface area contributed by atoms with E-state index in [0.29, 0.717) is 0 Å². The molecular formula is C11H7IrN2S-. The van der Waals surface area contributed by atoms with Gasteiger partial charge in [0.15, 0.2) is 0 Å². The number of rotatable bonds is 1. The Bertz CT molecular complexity index is 524. The molecule has 0 N–H and O–H groups in total. The molecule has 3 rings (SSSR count). The quantitative estimate of drug-likeness (QED) is 0.583. The Labute approximate surface area is 105 Å². The summed E-state index contributed by atoms with van der Waals surface area (Å²) < 4.78 is 2.01. The van der Waals surface area contributed by atoms with Crippen LogP contribution in [0.5, 0.6) is 0 Å². The first kappa shape index (κ1) is 10.6. The van der Waals surface area contributed by atoms with Crippen molar-refractivity contribution in [3.8, 4) is 11.3 Å². The summed E-state index contributed by atoms with van der Waals surface area (Å²) in [6, 6.07) is 9.14. The van der Waals surface area contributed by atoms with Crippen LogP contribution in [0.25, 0.3) is 16.9 Å². The molecule has 3 heterocycles. The summed E-state index contributed by atoms with van der Waals surface area (Å²) >= 11 is 1.64. The molecule has 15 heavy (non-hydrogen) atoms. The number of nitrogens with zero attached hydrogens (tertiary/aromatic N) is 2. The first-order valence-electron chi connectivity index (χ1n) is 4.31. The molecule has 0 aliphatic rings. The molecule has 3 aromatic rings. The Morgan fingerprint density at radius 1 is 1.33 bits per heavy atom. The van der Waals surface area contributed by atoms with E-state index in [1.54, 1.807) is 11.3 Å². The van der Waals surface area contributed by atoms with E-state index >= 15 is 0 Å². The minimum absolute atomic E-state index is 0. The summed E-state index contributed by atoms with van der Waals surface area (Å²) in [5.74, 6) is 0. The molecule has 0 bridgehead atoms. The van der Waals surface area contributed by atoms with E-state index in [1.807, 2.05) is 40.4 Å². The van der Waals surface area contributed by atoms with E-state index in [2.05, 4.69) is 16.4 Å². The molecule has 0 aliphatic carbocycles. The number of thiophene rings is 1. The zero-order chi connectivity index (χ0) is 9.38. The Hall–Kier alpha value is -0.961. The van der Waals surface area contributed by atoms with Crippen LogP contribution in [0.4, 0.5) is 0 Å². The van der Waals surface area contributed by atoms with Gasteiger partial charge in [-0.2, -0.15) is 11.6 Å². The van der Waals surface area contributed by atoms with Gasteiger partial charge >= 0.3 is 0 Å². The number of hydrogen-bond acceptors (Lipinski definition) is 2. The van der Waals surface area contributed by atoms with Gasteiger partial charge in [0.25, 0.3) is 0 Å². The number of fused-ring (bicyclic) bond motifs is 1. The van der Waals surface area contributed by atoms with Crippen molar-refractivity contribution in [2.24, 2.45) is 0 Å². The molecule has 0 atom stereocenters. The molecule has 0 aliphatic heterocycles. The SMILES string of the molecule is [Ir].[c-]1cscc1-c1cn2ccccc2n1.